The Balaban J connectivity index is 2.79. The van der Waals surface area contributed by atoms with Crippen LogP contribution < -0.4 is 11.1 Å². The van der Waals surface area contributed by atoms with Crippen molar-refractivity contribution in [2.24, 2.45) is 5.73 Å². The fraction of sp³-hybridized carbons (Fsp3) is 0.462. The smallest absolute Gasteiger partial charge is 0.306 e. The van der Waals surface area contributed by atoms with Crippen molar-refractivity contribution in [1.29, 1.82) is 0 Å². The van der Waals surface area contributed by atoms with Crippen molar-refractivity contribution in [1.82, 2.24) is 0 Å². The molecule has 1 atom stereocenters. The SMILES string of the molecule is CCOC(O)(OCC)C(N)C(=O)Nc1ccc([N+](=O)[O-])cc1. The number of ether oxygens (including phenoxy) is 2. The second-order valence-electron chi connectivity index (χ2n) is 4.27. The minimum absolute atomic E-state index is 0.0923. The summed E-state index contributed by atoms with van der Waals surface area (Å²) in [5.41, 5.74) is 5.86. The standard InChI is InChI=1S/C13H19N3O6/c1-3-21-13(18,22-4-2)11(14)12(17)15-9-5-7-10(8-6-9)16(19)20/h5-8,11,18H,3-4,14H2,1-2H3,(H,15,17). The highest BCUT2D eigenvalue weighted by Crippen LogP contribution is 2.18. The summed E-state index contributed by atoms with van der Waals surface area (Å²) >= 11 is 0. The molecule has 4 N–H and O–H groups in total. The van der Waals surface area contributed by atoms with Crippen molar-refractivity contribution in [3.8, 4) is 0 Å². The molecule has 0 bridgehead atoms. The second-order valence-corrected chi connectivity index (χ2v) is 4.27. The van der Waals surface area contributed by atoms with Crippen molar-refractivity contribution < 1.29 is 24.3 Å². The number of nitrogens with zero attached hydrogens (tertiary/aromatic N) is 1. The third kappa shape index (κ3) is 4.46. The zero-order chi connectivity index (χ0) is 16.8. The number of non-ortho nitro benzene ring substituents is 1. The summed E-state index contributed by atoms with van der Waals surface area (Å²) in [6.45, 7) is 3.42. The summed E-state index contributed by atoms with van der Waals surface area (Å²) in [6.07, 6.45) is 0. The van der Waals surface area contributed by atoms with Crippen molar-refractivity contribution in [3.63, 3.8) is 0 Å². The van der Waals surface area contributed by atoms with Crippen LogP contribution in [0.2, 0.25) is 0 Å². The fourth-order valence-electron chi connectivity index (χ4n) is 1.69. The number of hydrogen-bond donors (Lipinski definition) is 3. The maximum absolute atomic E-state index is 12.0. The second kappa shape index (κ2) is 7.80. The van der Waals surface area contributed by atoms with Crippen LogP contribution in [0.4, 0.5) is 11.4 Å². The van der Waals surface area contributed by atoms with Crippen LogP contribution >= 0.6 is 0 Å². The molecule has 0 aromatic heterocycles. The van der Waals surface area contributed by atoms with E-state index >= 15 is 0 Å². The van der Waals surface area contributed by atoms with Gasteiger partial charge in [0.15, 0.2) is 6.04 Å². The Hall–Kier alpha value is -2.07. The molecular formula is C13H19N3O6. The molecule has 1 amide bonds. The van der Waals surface area contributed by atoms with Crippen LogP contribution in [0.5, 0.6) is 0 Å². The Morgan fingerprint density at radius 1 is 1.36 bits per heavy atom. The highest BCUT2D eigenvalue weighted by molar-refractivity contribution is 5.95. The minimum atomic E-state index is -2.24. The number of rotatable bonds is 8. The van der Waals surface area contributed by atoms with E-state index in [4.69, 9.17) is 15.2 Å². The lowest BCUT2D eigenvalue weighted by Gasteiger charge is -2.31. The molecule has 1 rings (SSSR count). The van der Waals surface area contributed by atoms with E-state index in [0.717, 1.165) is 0 Å². The maximum atomic E-state index is 12.0. The van der Waals surface area contributed by atoms with Crippen LogP contribution in [-0.2, 0) is 14.3 Å². The number of aliphatic hydroxyl groups is 1. The first kappa shape index (κ1) is 18.0. The Labute approximate surface area is 127 Å². The first-order valence-corrected chi connectivity index (χ1v) is 6.65. The van der Waals surface area contributed by atoms with Gasteiger partial charge in [-0.05, 0) is 26.0 Å². The monoisotopic (exact) mass is 313 g/mol. The number of nitrogens with one attached hydrogen (secondary N) is 1. The summed E-state index contributed by atoms with van der Waals surface area (Å²) in [6, 6.07) is 3.67. The van der Waals surface area contributed by atoms with E-state index in [1.165, 1.54) is 24.3 Å². The average molecular weight is 313 g/mol. The molecule has 9 nitrogen and oxygen atoms in total. The number of amides is 1. The molecule has 0 saturated heterocycles. The number of anilines is 1. The Morgan fingerprint density at radius 3 is 2.27 bits per heavy atom. The van der Waals surface area contributed by atoms with E-state index in [9.17, 15) is 20.0 Å². The van der Waals surface area contributed by atoms with Crippen LogP contribution in [0.25, 0.3) is 0 Å². The van der Waals surface area contributed by atoms with Gasteiger partial charge in [0.05, 0.1) is 4.92 Å². The molecule has 1 aromatic rings. The van der Waals surface area contributed by atoms with Gasteiger partial charge in [0.25, 0.3) is 5.69 Å². The van der Waals surface area contributed by atoms with Crippen molar-refractivity contribution >= 4 is 17.3 Å². The van der Waals surface area contributed by atoms with Crippen molar-refractivity contribution in [2.45, 2.75) is 25.9 Å². The molecule has 0 spiro atoms. The molecule has 22 heavy (non-hydrogen) atoms. The summed E-state index contributed by atoms with van der Waals surface area (Å²) < 4.78 is 10.00. The van der Waals surface area contributed by atoms with E-state index < -0.39 is 22.8 Å². The van der Waals surface area contributed by atoms with E-state index in [-0.39, 0.29) is 18.9 Å². The number of nitro groups is 1. The van der Waals surface area contributed by atoms with E-state index in [0.29, 0.717) is 5.69 Å². The number of carbonyl (C=O) groups excluding carboxylic acids is 1. The number of benzene rings is 1. The number of carbonyl (C=O) groups is 1. The van der Waals surface area contributed by atoms with Gasteiger partial charge in [-0.1, -0.05) is 0 Å². The van der Waals surface area contributed by atoms with Gasteiger partial charge in [0.1, 0.15) is 0 Å². The predicted molar refractivity (Wildman–Crippen MR) is 77.9 cm³/mol. The highest BCUT2D eigenvalue weighted by Gasteiger charge is 2.41. The Morgan fingerprint density at radius 2 is 1.86 bits per heavy atom. The molecule has 0 saturated carbocycles. The van der Waals surface area contributed by atoms with Gasteiger partial charge in [0.2, 0.25) is 5.91 Å². The quantitative estimate of drug-likeness (QED) is 0.362. The maximum Gasteiger partial charge on any atom is 0.306 e. The van der Waals surface area contributed by atoms with Crippen molar-refractivity contribution in [2.75, 3.05) is 18.5 Å². The molecule has 0 aliphatic rings. The molecule has 0 radical (unpaired) electrons. The molecule has 0 fully saturated rings. The molecule has 9 heteroatoms. The van der Waals surface area contributed by atoms with E-state index in [1.54, 1.807) is 13.8 Å². The Kier molecular flexibility index (Phi) is 6.38. The molecule has 1 aromatic carbocycles. The van der Waals surface area contributed by atoms with Crippen LogP contribution in [0.3, 0.4) is 0 Å². The lowest BCUT2D eigenvalue weighted by Crippen LogP contribution is -2.58. The summed E-state index contributed by atoms with van der Waals surface area (Å²) in [4.78, 5) is 22.0. The Bertz CT molecular complexity index is 513. The largest absolute Gasteiger partial charge is 0.342 e. The third-order valence-electron chi connectivity index (χ3n) is 2.72. The van der Waals surface area contributed by atoms with Crippen LogP contribution in [0.15, 0.2) is 24.3 Å². The third-order valence-corrected chi connectivity index (χ3v) is 2.72. The van der Waals surface area contributed by atoms with Gasteiger partial charge < -0.3 is 25.6 Å². The van der Waals surface area contributed by atoms with Crippen LogP contribution in [0, 0.1) is 10.1 Å². The van der Waals surface area contributed by atoms with Gasteiger partial charge in [-0.25, -0.2) is 0 Å². The van der Waals surface area contributed by atoms with Crippen LogP contribution in [0.1, 0.15) is 13.8 Å². The van der Waals surface area contributed by atoms with Crippen LogP contribution in [-0.4, -0.2) is 41.2 Å². The highest BCUT2D eigenvalue weighted by atomic mass is 16.8. The first-order valence-electron chi connectivity index (χ1n) is 6.65. The van der Waals surface area contributed by atoms with Gasteiger partial charge in [-0.3, -0.25) is 14.9 Å². The number of nitro benzene ring substituents is 1. The van der Waals surface area contributed by atoms with Crippen molar-refractivity contribution in [3.05, 3.63) is 34.4 Å². The molecule has 0 aliphatic heterocycles. The van der Waals surface area contributed by atoms with Gasteiger partial charge in [-0.2, -0.15) is 0 Å². The molecule has 122 valence electrons. The van der Waals surface area contributed by atoms with E-state index in [1.807, 2.05) is 0 Å². The van der Waals surface area contributed by atoms with Gasteiger partial charge in [0, 0.05) is 31.0 Å². The lowest BCUT2D eigenvalue weighted by atomic mass is 10.2. The fourth-order valence-corrected chi connectivity index (χ4v) is 1.69. The summed E-state index contributed by atoms with van der Waals surface area (Å²) in [7, 11) is 0. The molecule has 0 aliphatic carbocycles. The summed E-state index contributed by atoms with van der Waals surface area (Å²) in [5, 5.41) is 23.1. The topological polar surface area (TPSA) is 137 Å². The minimum Gasteiger partial charge on any atom is -0.342 e. The number of hydrogen-bond acceptors (Lipinski definition) is 7. The lowest BCUT2D eigenvalue weighted by molar-refractivity contribution is -0.384. The molecule has 1 unspecified atom stereocenters. The van der Waals surface area contributed by atoms with E-state index in [2.05, 4.69) is 5.32 Å². The predicted octanol–water partition coefficient (Wildman–Crippen LogP) is 0.580. The van der Waals surface area contributed by atoms with Gasteiger partial charge >= 0.3 is 5.97 Å². The zero-order valence-electron chi connectivity index (χ0n) is 12.3. The molecular weight excluding hydrogens is 294 g/mol. The first-order chi connectivity index (χ1) is 10.3. The number of nitrogens with two attached hydrogens (primary N) is 1. The van der Waals surface area contributed by atoms with Gasteiger partial charge in [-0.15, -0.1) is 0 Å². The zero-order valence-corrected chi connectivity index (χ0v) is 12.3. The summed E-state index contributed by atoms with van der Waals surface area (Å²) in [5.74, 6) is -2.99. The molecule has 0 heterocycles. The normalized spacial score (nSPS) is 12.7. The average Bonchev–Trinajstić information content (AvgIpc) is 2.47.